The molecule has 1 aromatic carbocycles. The van der Waals surface area contributed by atoms with Crippen LogP contribution in [0.2, 0.25) is 0 Å². The fraction of sp³-hybridized carbons (Fsp3) is 0.571. The van der Waals surface area contributed by atoms with Gasteiger partial charge in [-0.25, -0.2) is 0 Å². The van der Waals surface area contributed by atoms with Gasteiger partial charge in [0.2, 0.25) is 0 Å². The Morgan fingerprint density at radius 2 is 1.78 bits per heavy atom. The van der Waals surface area contributed by atoms with E-state index in [-0.39, 0.29) is 6.04 Å². The maximum Gasteiger partial charge on any atom is 0.416 e. The lowest BCUT2D eigenvalue weighted by Crippen LogP contribution is -2.25. The maximum atomic E-state index is 12.7. The standard InChI is InChI=1S/C14H20F3N/c1-4-10(5-2)13(18-3)11-7-6-8-12(9-11)14(15,16)17/h6-10,13,18H,4-5H2,1-3H3. The predicted molar refractivity (Wildman–Crippen MR) is 67.3 cm³/mol. The van der Waals surface area contributed by atoms with Gasteiger partial charge in [-0.15, -0.1) is 0 Å². The Morgan fingerprint density at radius 3 is 2.22 bits per heavy atom. The Kier molecular flexibility index (Phi) is 5.20. The number of hydrogen-bond acceptors (Lipinski definition) is 1. The highest BCUT2D eigenvalue weighted by Gasteiger charge is 2.31. The van der Waals surface area contributed by atoms with Crippen molar-refractivity contribution in [3.8, 4) is 0 Å². The van der Waals surface area contributed by atoms with Crippen molar-refractivity contribution < 1.29 is 13.2 Å². The number of benzene rings is 1. The van der Waals surface area contributed by atoms with Gasteiger partial charge in [-0.05, 0) is 30.7 Å². The molecule has 0 radical (unpaired) electrons. The molecule has 0 aliphatic carbocycles. The molecule has 0 spiro atoms. The van der Waals surface area contributed by atoms with Crippen molar-refractivity contribution in [3.63, 3.8) is 0 Å². The molecule has 1 aromatic rings. The van der Waals surface area contributed by atoms with E-state index in [0.717, 1.165) is 18.9 Å². The molecule has 0 bridgehead atoms. The van der Waals surface area contributed by atoms with Gasteiger partial charge in [-0.1, -0.05) is 38.8 Å². The van der Waals surface area contributed by atoms with Crippen LogP contribution in [0.15, 0.2) is 24.3 Å². The van der Waals surface area contributed by atoms with E-state index in [2.05, 4.69) is 19.2 Å². The van der Waals surface area contributed by atoms with Crippen molar-refractivity contribution in [2.75, 3.05) is 7.05 Å². The molecule has 18 heavy (non-hydrogen) atoms. The van der Waals surface area contributed by atoms with E-state index in [1.807, 2.05) is 0 Å². The van der Waals surface area contributed by atoms with Crippen LogP contribution < -0.4 is 5.32 Å². The van der Waals surface area contributed by atoms with Crippen LogP contribution in [-0.4, -0.2) is 7.05 Å². The Balaban J connectivity index is 3.07. The van der Waals surface area contributed by atoms with Gasteiger partial charge in [-0.3, -0.25) is 0 Å². The molecule has 0 amide bonds. The molecule has 1 rings (SSSR count). The van der Waals surface area contributed by atoms with Crippen LogP contribution in [0.1, 0.15) is 43.9 Å². The lowest BCUT2D eigenvalue weighted by molar-refractivity contribution is -0.137. The zero-order valence-electron chi connectivity index (χ0n) is 11.0. The highest BCUT2D eigenvalue weighted by molar-refractivity contribution is 5.28. The fourth-order valence-electron chi connectivity index (χ4n) is 2.34. The van der Waals surface area contributed by atoms with Gasteiger partial charge in [0.15, 0.2) is 0 Å². The molecular weight excluding hydrogens is 239 g/mol. The number of alkyl halides is 3. The zero-order chi connectivity index (χ0) is 13.8. The molecule has 4 heteroatoms. The quantitative estimate of drug-likeness (QED) is 0.826. The average molecular weight is 259 g/mol. The Morgan fingerprint density at radius 1 is 1.17 bits per heavy atom. The van der Waals surface area contributed by atoms with Crippen molar-refractivity contribution in [2.45, 2.75) is 38.9 Å². The van der Waals surface area contributed by atoms with Crippen molar-refractivity contribution in [1.82, 2.24) is 5.32 Å². The first-order chi connectivity index (χ1) is 8.43. The van der Waals surface area contributed by atoms with Gasteiger partial charge in [0.25, 0.3) is 0 Å². The summed E-state index contributed by atoms with van der Waals surface area (Å²) in [4.78, 5) is 0. The molecular formula is C14H20F3N. The Hall–Kier alpha value is -1.03. The zero-order valence-corrected chi connectivity index (χ0v) is 11.0. The van der Waals surface area contributed by atoms with E-state index in [1.54, 1.807) is 13.1 Å². The van der Waals surface area contributed by atoms with Gasteiger partial charge in [-0.2, -0.15) is 13.2 Å². The first kappa shape index (κ1) is 15.0. The van der Waals surface area contributed by atoms with Gasteiger partial charge >= 0.3 is 6.18 Å². The summed E-state index contributed by atoms with van der Waals surface area (Å²) in [5.41, 5.74) is 0.132. The number of hydrogen-bond donors (Lipinski definition) is 1. The van der Waals surface area contributed by atoms with Gasteiger partial charge in [0.05, 0.1) is 5.56 Å². The molecule has 1 unspecified atom stereocenters. The van der Waals surface area contributed by atoms with Crippen LogP contribution in [0.25, 0.3) is 0 Å². The summed E-state index contributed by atoms with van der Waals surface area (Å²) in [6.45, 7) is 4.12. The lowest BCUT2D eigenvalue weighted by atomic mass is 9.88. The van der Waals surface area contributed by atoms with Crippen molar-refractivity contribution >= 4 is 0 Å². The largest absolute Gasteiger partial charge is 0.416 e. The second kappa shape index (κ2) is 6.23. The Bertz CT molecular complexity index is 370. The molecule has 0 fully saturated rings. The van der Waals surface area contributed by atoms with E-state index in [9.17, 15) is 13.2 Å². The normalized spacial score (nSPS) is 13.9. The molecule has 0 aliphatic rings. The third kappa shape index (κ3) is 3.48. The molecule has 0 saturated heterocycles. The van der Waals surface area contributed by atoms with E-state index in [1.165, 1.54) is 12.1 Å². The number of rotatable bonds is 5. The van der Waals surface area contributed by atoms with Gasteiger partial charge in [0.1, 0.15) is 0 Å². The third-order valence-electron chi connectivity index (χ3n) is 3.40. The molecule has 1 atom stereocenters. The van der Waals surface area contributed by atoms with Crippen molar-refractivity contribution in [2.24, 2.45) is 5.92 Å². The summed E-state index contributed by atoms with van der Waals surface area (Å²) in [7, 11) is 1.79. The summed E-state index contributed by atoms with van der Waals surface area (Å²) in [6.07, 6.45) is -2.39. The van der Waals surface area contributed by atoms with Crippen LogP contribution in [0.5, 0.6) is 0 Å². The van der Waals surface area contributed by atoms with Gasteiger partial charge in [0, 0.05) is 6.04 Å². The maximum absolute atomic E-state index is 12.7. The first-order valence-corrected chi connectivity index (χ1v) is 6.28. The molecule has 0 saturated carbocycles. The van der Waals surface area contributed by atoms with Crippen LogP contribution in [0, 0.1) is 5.92 Å². The van der Waals surface area contributed by atoms with E-state index in [0.29, 0.717) is 11.5 Å². The summed E-state index contributed by atoms with van der Waals surface area (Å²) >= 11 is 0. The molecule has 1 N–H and O–H groups in total. The topological polar surface area (TPSA) is 12.0 Å². The summed E-state index contributed by atoms with van der Waals surface area (Å²) < 4.78 is 38.0. The first-order valence-electron chi connectivity index (χ1n) is 6.28. The molecule has 0 aliphatic heterocycles. The Labute approximate surface area is 106 Å². The summed E-state index contributed by atoms with van der Waals surface area (Å²) in [5, 5.41) is 3.13. The summed E-state index contributed by atoms with van der Waals surface area (Å²) in [6, 6.07) is 5.57. The van der Waals surface area contributed by atoms with Crippen molar-refractivity contribution in [1.29, 1.82) is 0 Å². The van der Waals surface area contributed by atoms with E-state index >= 15 is 0 Å². The SMILES string of the molecule is CCC(CC)C(NC)c1cccc(C(F)(F)F)c1. The highest BCUT2D eigenvalue weighted by atomic mass is 19.4. The van der Waals surface area contributed by atoms with Crippen molar-refractivity contribution in [3.05, 3.63) is 35.4 Å². The smallest absolute Gasteiger partial charge is 0.313 e. The van der Waals surface area contributed by atoms with E-state index in [4.69, 9.17) is 0 Å². The van der Waals surface area contributed by atoms with Gasteiger partial charge < -0.3 is 5.32 Å². The number of nitrogens with one attached hydrogen (secondary N) is 1. The second-order valence-electron chi connectivity index (χ2n) is 4.47. The monoisotopic (exact) mass is 259 g/mol. The van der Waals surface area contributed by atoms with Crippen LogP contribution in [0.4, 0.5) is 13.2 Å². The minimum absolute atomic E-state index is 0.0256. The summed E-state index contributed by atoms with van der Waals surface area (Å²) in [5.74, 6) is 0.346. The minimum Gasteiger partial charge on any atom is -0.313 e. The molecule has 0 aromatic heterocycles. The highest BCUT2D eigenvalue weighted by Crippen LogP contribution is 2.33. The van der Waals surface area contributed by atoms with Crippen LogP contribution in [-0.2, 0) is 6.18 Å². The minimum atomic E-state index is -4.28. The molecule has 0 heterocycles. The predicted octanol–water partition coefficient (Wildman–Crippen LogP) is 4.40. The van der Waals surface area contributed by atoms with Crippen LogP contribution >= 0.6 is 0 Å². The fourth-order valence-corrected chi connectivity index (χ4v) is 2.34. The second-order valence-corrected chi connectivity index (χ2v) is 4.47. The van der Waals surface area contributed by atoms with Crippen LogP contribution in [0.3, 0.4) is 0 Å². The number of halogens is 3. The third-order valence-corrected chi connectivity index (χ3v) is 3.40. The molecule has 1 nitrogen and oxygen atoms in total. The lowest BCUT2D eigenvalue weighted by Gasteiger charge is -2.26. The molecule has 102 valence electrons. The average Bonchev–Trinajstić information content (AvgIpc) is 2.35. The van der Waals surface area contributed by atoms with E-state index < -0.39 is 11.7 Å².